The smallest absolute Gasteiger partial charge is 0.253 e. The number of rotatable bonds is 7. The van der Waals surface area contributed by atoms with Gasteiger partial charge in [-0.3, -0.25) is 19.3 Å². The lowest BCUT2D eigenvalue weighted by molar-refractivity contribution is -0.132. The minimum absolute atomic E-state index is 0.119. The van der Waals surface area contributed by atoms with Crippen LogP contribution in [0.25, 0.3) is 0 Å². The SMILES string of the molecule is Cc1ccc(CC(=O)N2CCN(CC(=O)Nc3ccccc3C(=O)NC3CC3)CC2)cc1. The Morgan fingerprint density at radius 3 is 2.31 bits per heavy atom. The maximum atomic E-state index is 12.6. The predicted molar refractivity (Wildman–Crippen MR) is 123 cm³/mol. The first-order valence-corrected chi connectivity index (χ1v) is 11.2. The normalized spacial score (nSPS) is 16.5. The summed E-state index contributed by atoms with van der Waals surface area (Å²) in [6.45, 7) is 4.78. The summed E-state index contributed by atoms with van der Waals surface area (Å²) in [5.41, 5.74) is 3.22. The van der Waals surface area contributed by atoms with Crippen molar-refractivity contribution < 1.29 is 14.4 Å². The molecule has 2 N–H and O–H groups in total. The average molecular weight is 435 g/mol. The number of hydrogen-bond acceptors (Lipinski definition) is 4. The summed E-state index contributed by atoms with van der Waals surface area (Å²) in [5.74, 6) is -0.186. The molecule has 0 aromatic heterocycles. The van der Waals surface area contributed by atoms with Crippen molar-refractivity contribution in [1.29, 1.82) is 0 Å². The molecule has 1 aliphatic carbocycles. The van der Waals surface area contributed by atoms with Gasteiger partial charge in [-0.1, -0.05) is 42.0 Å². The molecule has 0 atom stereocenters. The highest BCUT2D eigenvalue weighted by molar-refractivity contribution is 6.04. The van der Waals surface area contributed by atoms with Crippen LogP contribution >= 0.6 is 0 Å². The van der Waals surface area contributed by atoms with Crippen molar-refractivity contribution in [3.8, 4) is 0 Å². The molecule has 2 aromatic rings. The van der Waals surface area contributed by atoms with Crippen LogP contribution in [-0.4, -0.2) is 66.3 Å². The molecule has 2 aliphatic rings. The molecule has 1 heterocycles. The van der Waals surface area contributed by atoms with Crippen LogP contribution in [0.15, 0.2) is 48.5 Å². The maximum Gasteiger partial charge on any atom is 0.253 e. The van der Waals surface area contributed by atoms with Crippen LogP contribution in [-0.2, 0) is 16.0 Å². The largest absolute Gasteiger partial charge is 0.349 e. The van der Waals surface area contributed by atoms with E-state index in [-0.39, 0.29) is 30.3 Å². The molecule has 0 radical (unpaired) electrons. The highest BCUT2D eigenvalue weighted by atomic mass is 16.2. The maximum absolute atomic E-state index is 12.6. The number of carbonyl (C=O) groups excluding carboxylic acids is 3. The summed E-state index contributed by atoms with van der Waals surface area (Å²) >= 11 is 0. The minimum Gasteiger partial charge on any atom is -0.349 e. The number of nitrogens with zero attached hydrogens (tertiary/aromatic N) is 2. The first-order valence-electron chi connectivity index (χ1n) is 11.2. The Bertz CT molecular complexity index is 977. The lowest BCUT2D eigenvalue weighted by Crippen LogP contribution is -2.50. The fourth-order valence-electron chi connectivity index (χ4n) is 3.82. The summed E-state index contributed by atoms with van der Waals surface area (Å²) in [6, 6.07) is 15.4. The zero-order chi connectivity index (χ0) is 22.5. The second-order valence-electron chi connectivity index (χ2n) is 8.66. The lowest BCUT2D eigenvalue weighted by Gasteiger charge is -2.34. The third-order valence-corrected chi connectivity index (χ3v) is 5.93. The average Bonchev–Trinajstić information content (AvgIpc) is 3.60. The molecular weight excluding hydrogens is 404 g/mol. The van der Waals surface area contributed by atoms with E-state index in [1.807, 2.05) is 47.1 Å². The highest BCUT2D eigenvalue weighted by Crippen LogP contribution is 2.21. The van der Waals surface area contributed by atoms with Crippen LogP contribution in [0.3, 0.4) is 0 Å². The van der Waals surface area contributed by atoms with E-state index in [9.17, 15) is 14.4 Å². The van der Waals surface area contributed by atoms with Gasteiger partial charge in [-0.05, 0) is 37.5 Å². The lowest BCUT2D eigenvalue weighted by atomic mass is 10.1. The van der Waals surface area contributed by atoms with E-state index in [4.69, 9.17) is 0 Å². The van der Waals surface area contributed by atoms with Crippen LogP contribution in [0, 0.1) is 6.92 Å². The van der Waals surface area contributed by atoms with Crippen molar-refractivity contribution in [2.24, 2.45) is 0 Å². The van der Waals surface area contributed by atoms with Gasteiger partial charge in [-0.2, -0.15) is 0 Å². The fourth-order valence-corrected chi connectivity index (χ4v) is 3.82. The molecular formula is C25H30N4O3. The van der Waals surface area contributed by atoms with Crippen molar-refractivity contribution in [2.45, 2.75) is 32.2 Å². The second-order valence-corrected chi connectivity index (χ2v) is 8.66. The van der Waals surface area contributed by atoms with Gasteiger partial charge in [0.15, 0.2) is 0 Å². The van der Waals surface area contributed by atoms with E-state index in [1.165, 1.54) is 5.56 Å². The van der Waals surface area contributed by atoms with Gasteiger partial charge in [0.2, 0.25) is 11.8 Å². The number of carbonyl (C=O) groups is 3. The Hall–Kier alpha value is -3.19. The number of anilines is 1. The molecule has 3 amide bonds. The number of benzene rings is 2. The van der Waals surface area contributed by atoms with Crippen molar-refractivity contribution in [3.05, 3.63) is 65.2 Å². The summed E-state index contributed by atoms with van der Waals surface area (Å²) in [6.07, 6.45) is 2.43. The molecule has 1 aliphatic heterocycles. The summed E-state index contributed by atoms with van der Waals surface area (Å²) in [4.78, 5) is 41.5. The zero-order valence-electron chi connectivity index (χ0n) is 18.5. The van der Waals surface area contributed by atoms with E-state index < -0.39 is 0 Å². The Kier molecular flexibility index (Phi) is 6.85. The predicted octanol–water partition coefficient (Wildman–Crippen LogP) is 2.21. The Labute approximate surface area is 188 Å². The van der Waals surface area contributed by atoms with E-state index >= 15 is 0 Å². The Balaban J connectivity index is 1.24. The molecule has 2 fully saturated rings. The zero-order valence-corrected chi connectivity index (χ0v) is 18.5. The summed E-state index contributed by atoms with van der Waals surface area (Å²) in [7, 11) is 0. The van der Waals surface area contributed by atoms with Gasteiger partial charge in [-0.15, -0.1) is 0 Å². The third kappa shape index (κ3) is 5.95. The molecule has 168 valence electrons. The standard InChI is InChI=1S/C25H30N4O3/c1-18-6-8-19(9-7-18)16-24(31)29-14-12-28(13-15-29)17-23(30)27-22-5-3-2-4-21(22)25(32)26-20-10-11-20/h2-9,20H,10-17H2,1H3,(H,26,32)(H,27,30). The first-order chi connectivity index (χ1) is 15.5. The monoisotopic (exact) mass is 434 g/mol. The van der Waals surface area contributed by atoms with Gasteiger partial charge in [0.05, 0.1) is 24.2 Å². The first kappa shape index (κ1) is 22.0. The molecule has 32 heavy (non-hydrogen) atoms. The van der Waals surface area contributed by atoms with E-state index in [1.54, 1.807) is 18.2 Å². The van der Waals surface area contributed by atoms with Gasteiger partial charge in [0.25, 0.3) is 5.91 Å². The fraction of sp³-hybridized carbons (Fsp3) is 0.400. The molecule has 7 nitrogen and oxygen atoms in total. The number of piperazine rings is 1. The molecule has 0 unspecified atom stereocenters. The summed E-state index contributed by atoms with van der Waals surface area (Å²) < 4.78 is 0. The van der Waals surface area contributed by atoms with Gasteiger partial charge < -0.3 is 15.5 Å². The number of nitrogens with one attached hydrogen (secondary N) is 2. The highest BCUT2D eigenvalue weighted by Gasteiger charge is 2.26. The van der Waals surface area contributed by atoms with E-state index in [2.05, 4.69) is 10.6 Å². The number of aryl methyl sites for hydroxylation is 1. The second kappa shape index (κ2) is 9.96. The Morgan fingerprint density at radius 2 is 1.62 bits per heavy atom. The molecule has 2 aromatic carbocycles. The van der Waals surface area contributed by atoms with Crippen LogP contribution in [0.5, 0.6) is 0 Å². The van der Waals surface area contributed by atoms with Crippen LogP contribution in [0.2, 0.25) is 0 Å². The molecule has 1 saturated heterocycles. The molecule has 0 spiro atoms. The van der Waals surface area contributed by atoms with E-state index in [0.29, 0.717) is 43.9 Å². The van der Waals surface area contributed by atoms with Crippen molar-refractivity contribution in [2.75, 3.05) is 38.0 Å². The van der Waals surface area contributed by atoms with Gasteiger partial charge >= 0.3 is 0 Å². The van der Waals surface area contributed by atoms with Crippen molar-refractivity contribution in [1.82, 2.24) is 15.1 Å². The third-order valence-electron chi connectivity index (χ3n) is 5.93. The molecule has 1 saturated carbocycles. The number of hydrogen-bond donors (Lipinski definition) is 2. The molecule has 7 heteroatoms. The quantitative estimate of drug-likeness (QED) is 0.700. The molecule has 4 rings (SSSR count). The van der Waals surface area contributed by atoms with Crippen LogP contribution in [0.1, 0.15) is 34.3 Å². The molecule has 0 bridgehead atoms. The van der Waals surface area contributed by atoms with Gasteiger partial charge in [-0.25, -0.2) is 0 Å². The van der Waals surface area contributed by atoms with Crippen LogP contribution in [0.4, 0.5) is 5.69 Å². The minimum atomic E-state index is -0.156. The topological polar surface area (TPSA) is 81.8 Å². The number of amides is 3. The Morgan fingerprint density at radius 1 is 0.938 bits per heavy atom. The van der Waals surface area contributed by atoms with Gasteiger partial charge in [0, 0.05) is 32.2 Å². The van der Waals surface area contributed by atoms with Crippen LogP contribution < -0.4 is 10.6 Å². The van der Waals surface area contributed by atoms with E-state index in [0.717, 1.165) is 18.4 Å². The number of para-hydroxylation sites is 1. The van der Waals surface area contributed by atoms with Crippen molar-refractivity contribution in [3.63, 3.8) is 0 Å². The summed E-state index contributed by atoms with van der Waals surface area (Å²) in [5, 5.41) is 5.84. The van der Waals surface area contributed by atoms with Gasteiger partial charge in [0.1, 0.15) is 0 Å². The van der Waals surface area contributed by atoms with Crippen molar-refractivity contribution >= 4 is 23.4 Å².